The molecule has 0 aliphatic heterocycles. The standard InChI is InChI=1S/C72H45N3S3/c1-40-73-67-58-31-28-43(37-64(58)55-22-10-13-25-61(55)70(67)76-40)49-16-4-7-19-52(49)46-34-47(53-20-8-5-17-50(53)44-29-32-59-65(38-44)56-23-11-14-26-62(56)71-68(59)74-41(2)77-71)36-48(35-46)54-21-9-6-18-51(54)45-30-33-60-66(39-45)57-24-12-15-27-63(57)72-69(60)75-42(3)78-72/h4-39H,1-3H3. The summed E-state index contributed by atoms with van der Waals surface area (Å²) < 4.78 is 3.75. The molecule has 16 aromatic rings. The molecule has 0 saturated heterocycles. The van der Waals surface area contributed by atoms with Crippen molar-refractivity contribution < 1.29 is 0 Å². The molecule has 16 rings (SSSR count). The second-order valence-electron chi connectivity index (χ2n) is 20.6. The Hall–Kier alpha value is -8.91. The number of benzene rings is 13. The van der Waals surface area contributed by atoms with Crippen molar-refractivity contribution in [2.45, 2.75) is 20.8 Å². The summed E-state index contributed by atoms with van der Waals surface area (Å²) in [4.78, 5) is 15.3. The van der Waals surface area contributed by atoms with Crippen molar-refractivity contribution in [3.63, 3.8) is 0 Å². The molecule has 0 unspecified atom stereocenters. The molecular weight excluding hydrogens is 1000 g/mol. The van der Waals surface area contributed by atoms with Crippen LogP contribution in [0.15, 0.2) is 218 Å². The lowest BCUT2D eigenvalue weighted by molar-refractivity contribution is 1.35. The quantitative estimate of drug-likeness (QED) is 0.156. The third-order valence-corrected chi connectivity index (χ3v) is 19.0. The van der Waals surface area contributed by atoms with E-state index >= 15 is 0 Å². The topological polar surface area (TPSA) is 38.7 Å². The number of fused-ring (bicyclic) bond motifs is 18. The summed E-state index contributed by atoms with van der Waals surface area (Å²) in [5, 5.41) is 18.0. The smallest absolute Gasteiger partial charge is 0.0908 e. The highest BCUT2D eigenvalue weighted by Crippen LogP contribution is 2.47. The Bertz CT molecular complexity index is 4680. The molecule has 3 aromatic heterocycles. The summed E-state index contributed by atoms with van der Waals surface area (Å²) in [7, 11) is 0. The molecule has 0 fully saturated rings. The van der Waals surface area contributed by atoms with Crippen molar-refractivity contribution in [1.82, 2.24) is 15.0 Å². The normalized spacial score (nSPS) is 12.0. The van der Waals surface area contributed by atoms with Gasteiger partial charge in [0.1, 0.15) is 0 Å². The van der Waals surface area contributed by atoms with Crippen molar-refractivity contribution in [3.05, 3.63) is 233 Å². The molecule has 0 aliphatic carbocycles. The molecular formula is C72H45N3S3. The largest absolute Gasteiger partial charge is 0.241 e. The van der Waals surface area contributed by atoms with E-state index in [0.717, 1.165) is 48.3 Å². The molecule has 13 aromatic carbocycles. The van der Waals surface area contributed by atoms with Crippen molar-refractivity contribution in [2.24, 2.45) is 0 Å². The Labute approximate surface area is 462 Å². The van der Waals surface area contributed by atoms with E-state index in [2.05, 4.69) is 239 Å². The number of aryl methyl sites for hydroxylation is 3. The van der Waals surface area contributed by atoms with E-state index in [1.807, 2.05) is 0 Å². The minimum absolute atomic E-state index is 1.08. The number of hydrogen-bond acceptors (Lipinski definition) is 6. The number of rotatable bonds is 6. The van der Waals surface area contributed by atoms with E-state index in [9.17, 15) is 0 Å². The van der Waals surface area contributed by atoms with Gasteiger partial charge in [-0.05, 0) is 156 Å². The van der Waals surface area contributed by atoms with Crippen molar-refractivity contribution in [1.29, 1.82) is 0 Å². The highest BCUT2D eigenvalue weighted by Gasteiger charge is 2.21. The summed E-state index contributed by atoms with van der Waals surface area (Å²) in [6, 6.07) is 81.6. The van der Waals surface area contributed by atoms with Gasteiger partial charge in [-0.1, -0.05) is 182 Å². The number of thiazole rings is 3. The monoisotopic (exact) mass is 1050 g/mol. The van der Waals surface area contributed by atoms with Gasteiger partial charge in [0.25, 0.3) is 0 Å². The predicted octanol–water partition coefficient (Wildman–Crippen LogP) is 21.4. The van der Waals surface area contributed by atoms with Crippen LogP contribution >= 0.6 is 34.0 Å². The first-order valence-corrected chi connectivity index (χ1v) is 28.9. The van der Waals surface area contributed by atoms with Crippen LogP contribution in [0, 0.1) is 20.8 Å². The Morgan fingerprint density at radius 1 is 0.218 bits per heavy atom. The SMILES string of the molecule is Cc1nc2c3ccc(-c4ccccc4-c4cc(-c5ccccc5-c5ccc6c(c5)c5ccccc5c5sc(C)nc65)cc(-c5ccccc5-c5ccc6c(c5)c5ccccc5c5sc(C)nc65)c4)cc3c3ccccc3c2s1. The van der Waals surface area contributed by atoms with Gasteiger partial charge < -0.3 is 0 Å². The van der Waals surface area contributed by atoms with Crippen LogP contribution in [-0.2, 0) is 0 Å². The minimum Gasteiger partial charge on any atom is -0.241 e. The predicted molar refractivity (Wildman–Crippen MR) is 338 cm³/mol. The van der Waals surface area contributed by atoms with Gasteiger partial charge in [0.2, 0.25) is 0 Å². The fourth-order valence-electron chi connectivity index (χ4n) is 12.6. The number of hydrogen-bond donors (Lipinski definition) is 0. The maximum atomic E-state index is 5.09. The van der Waals surface area contributed by atoms with Gasteiger partial charge in [0.15, 0.2) is 0 Å². The van der Waals surface area contributed by atoms with Crippen LogP contribution in [-0.4, -0.2) is 15.0 Å². The molecule has 0 amide bonds. The zero-order valence-electron chi connectivity index (χ0n) is 42.9. The van der Waals surface area contributed by atoms with E-state index in [-0.39, 0.29) is 0 Å². The van der Waals surface area contributed by atoms with E-state index in [1.54, 1.807) is 34.0 Å². The van der Waals surface area contributed by atoms with Crippen LogP contribution in [0.2, 0.25) is 0 Å². The van der Waals surface area contributed by atoms with Gasteiger partial charge in [-0.3, -0.25) is 0 Å². The van der Waals surface area contributed by atoms with E-state index < -0.39 is 0 Å². The Morgan fingerprint density at radius 3 is 0.744 bits per heavy atom. The van der Waals surface area contributed by atoms with Crippen molar-refractivity contribution >= 4 is 129 Å². The molecule has 0 N–H and O–H groups in total. The van der Waals surface area contributed by atoms with Crippen LogP contribution < -0.4 is 0 Å². The Kier molecular flexibility index (Phi) is 10.2. The van der Waals surface area contributed by atoms with E-state index in [1.165, 1.54) is 129 Å². The van der Waals surface area contributed by atoms with Gasteiger partial charge in [0, 0.05) is 32.3 Å². The third kappa shape index (κ3) is 7.04. The molecule has 366 valence electrons. The first kappa shape index (κ1) is 45.3. The summed E-state index contributed by atoms with van der Waals surface area (Å²) in [5.41, 5.74) is 17.2. The van der Waals surface area contributed by atoms with Gasteiger partial charge in [-0.25, -0.2) is 15.0 Å². The van der Waals surface area contributed by atoms with E-state index in [0.29, 0.717) is 0 Å². The van der Waals surface area contributed by atoms with Gasteiger partial charge in [-0.2, -0.15) is 0 Å². The highest BCUT2D eigenvalue weighted by molar-refractivity contribution is 7.20. The first-order valence-electron chi connectivity index (χ1n) is 26.5. The molecule has 3 heterocycles. The Balaban J connectivity index is 0.923. The highest BCUT2D eigenvalue weighted by atomic mass is 32.1. The molecule has 0 bridgehead atoms. The number of nitrogens with zero attached hydrogens (tertiary/aromatic N) is 3. The van der Waals surface area contributed by atoms with Crippen LogP contribution in [0.5, 0.6) is 0 Å². The second kappa shape index (κ2) is 17.6. The molecule has 3 nitrogen and oxygen atoms in total. The summed E-state index contributed by atoms with van der Waals surface area (Å²) in [6.45, 7) is 6.34. The Morgan fingerprint density at radius 2 is 0.462 bits per heavy atom. The lowest BCUT2D eigenvalue weighted by atomic mass is 9.85. The fourth-order valence-corrected chi connectivity index (χ4v) is 15.5. The van der Waals surface area contributed by atoms with Gasteiger partial charge in [0.05, 0.1) is 45.7 Å². The summed E-state index contributed by atoms with van der Waals surface area (Å²) in [6.07, 6.45) is 0. The van der Waals surface area contributed by atoms with E-state index in [4.69, 9.17) is 15.0 Å². The van der Waals surface area contributed by atoms with Gasteiger partial charge >= 0.3 is 0 Å². The lowest BCUT2D eigenvalue weighted by Crippen LogP contribution is -1.92. The lowest BCUT2D eigenvalue weighted by Gasteiger charge is -2.18. The van der Waals surface area contributed by atoms with Crippen molar-refractivity contribution in [3.8, 4) is 66.8 Å². The second-order valence-corrected chi connectivity index (χ2v) is 24.2. The zero-order valence-corrected chi connectivity index (χ0v) is 45.3. The zero-order chi connectivity index (χ0) is 51.8. The maximum Gasteiger partial charge on any atom is 0.0908 e. The fraction of sp³-hybridized carbons (Fsp3) is 0.0417. The number of aromatic nitrogens is 3. The molecule has 6 heteroatoms. The minimum atomic E-state index is 1.08. The first-order chi connectivity index (χ1) is 38.4. The average Bonchev–Trinajstić information content (AvgIpc) is 4.40. The van der Waals surface area contributed by atoms with Crippen LogP contribution in [0.3, 0.4) is 0 Å². The molecule has 0 aliphatic rings. The van der Waals surface area contributed by atoms with Crippen LogP contribution in [0.25, 0.3) is 162 Å². The average molecular weight is 1050 g/mol. The van der Waals surface area contributed by atoms with Crippen molar-refractivity contribution in [2.75, 3.05) is 0 Å². The summed E-state index contributed by atoms with van der Waals surface area (Å²) >= 11 is 5.35. The third-order valence-electron chi connectivity index (χ3n) is 16.0. The maximum absolute atomic E-state index is 5.09. The molecule has 0 saturated carbocycles. The molecule has 0 spiro atoms. The molecule has 0 atom stereocenters. The van der Waals surface area contributed by atoms with Crippen LogP contribution in [0.4, 0.5) is 0 Å². The summed E-state index contributed by atoms with van der Waals surface area (Å²) in [5.74, 6) is 0. The van der Waals surface area contributed by atoms with Crippen LogP contribution in [0.1, 0.15) is 15.0 Å². The molecule has 78 heavy (non-hydrogen) atoms. The molecule has 0 radical (unpaired) electrons. The van der Waals surface area contributed by atoms with Gasteiger partial charge in [-0.15, -0.1) is 34.0 Å².